The van der Waals surface area contributed by atoms with E-state index >= 15 is 0 Å². The molecule has 2 aromatic heterocycles. The van der Waals surface area contributed by atoms with Gasteiger partial charge in [0.2, 0.25) is 0 Å². The van der Waals surface area contributed by atoms with Crippen molar-refractivity contribution in [3.63, 3.8) is 0 Å². The summed E-state index contributed by atoms with van der Waals surface area (Å²) in [7, 11) is 0. The minimum atomic E-state index is -0.318. The summed E-state index contributed by atoms with van der Waals surface area (Å²) in [5, 5.41) is 12.5. The van der Waals surface area contributed by atoms with Gasteiger partial charge in [-0.3, -0.25) is 9.55 Å². The molecule has 0 saturated carbocycles. The van der Waals surface area contributed by atoms with E-state index in [9.17, 15) is 5.11 Å². The van der Waals surface area contributed by atoms with Gasteiger partial charge in [-0.25, -0.2) is 4.98 Å². The highest BCUT2D eigenvalue weighted by molar-refractivity contribution is 5.98. The fraction of sp³-hybridized carbons (Fsp3) is 0.158. The molecule has 0 bridgehead atoms. The summed E-state index contributed by atoms with van der Waals surface area (Å²) in [5.74, 6) is 0.943. The van der Waals surface area contributed by atoms with Crippen molar-refractivity contribution in [3.05, 3.63) is 193 Å². The van der Waals surface area contributed by atoms with E-state index in [1.807, 2.05) is 12.3 Å². The van der Waals surface area contributed by atoms with Crippen LogP contribution in [0.3, 0.4) is 0 Å². The summed E-state index contributed by atoms with van der Waals surface area (Å²) in [6.45, 7) is 15.3. The van der Waals surface area contributed by atoms with Crippen LogP contribution in [0.5, 0.6) is 5.75 Å². The number of phenols is 1. The number of aromatic hydroxyl groups is 1. The van der Waals surface area contributed by atoms with Gasteiger partial charge in [0.1, 0.15) is 11.6 Å². The number of benzene rings is 7. The molecule has 1 N–H and O–H groups in total. The zero-order valence-corrected chi connectivity index (χ0v) is 36.0. The van der Waals surface area contributed by atoms with Crippen LogP contribution in [-0.2, 0) is 10.8 Å². The quantitative estimate of drug-likeness (QED) is 0.175. The lowest BCUT2D eigenvalue weighted by Crippen LogP contribution is -2.17. The van der Waals surface area contributed by atoms with E-state index in [-0.39, 0.29) is 16.6 Å². The van der Waals surface area contributed by atoms with Gasteiger partial charge in [0.25, 0.3) is 0 Å². The minimum Gasteiger partial charge on any atom is -0.507 e. The molecular formula is C57H51N3O. The molecule has 0 amide bonds. The first-order valence-corrected chi connectivity index (χ1v) is 21.1. The number of aryl methyl sites for hydroxylation is 1. The van der Waals surface area contributed by atoms with E-state index in [1.54, 1.807) is 0 Å². The topological polar surface area (TPSA) is 50.9 Å². The molecule has 0 unspecified atom stereocenters. The lowest BCUT2D eigenvalue weighted by atomic mass is 9.79. The summed E-state index contributed by atoms with van der Waals surface area (Å²) in [6, 6.07) is 59.9. The molecule has 7 aromatic carbocycles. The molecule has 2 heterocycles. The highest BCUT2D eigenvalue weighted by atomic mass is 16.3. The number of hydrogen-bond donors (Lipinski definition) is 1. The number of fused-ring (bicyclic) bond motifs is 1. The molecule has 0 aliphatic rings. The Morgan fingerprint density at radius 1 is 0.475 bits per heavy atom. The minimum absolute atomic E-state index is 0.177. The Hall–Kier alpha value is -7.04. The molecule has 0 saturated heterocycles. The first-order valence-electron chi connectivity index (χ1n) is 21.1. The van der Waals surface area contributed by atoms with Crippen molar-refractivity contribution in [2.24, 2.45) is 0 Å². The smallest absolute Gasteiger partial charge is 0.149 e. The maximum absolute atomic E-state index is 12.5. The molecule has 0 aliphatic heterocycles. The van der Waals surface area contributed by atoms with Gasteiger partial charge in [0.05, 0.1) is 28.0 Å². The number of phenolic OH excluding ortho intramolecular Hbond substituents is 1. The van der Waals surface area contributed by atoms with Gasteiger partial charge in [0, 0.05) is 28.5 Å². The van der Waals surface area contributed by atoms with Crippen molar-refractivity contribution < 1.29 is 5.11 Å². The second kappa shape index (κ2) is 15.5. The molecule has 4 nitrogen and oxygen atoms in total. The lowest BCUT2D eigenvalue weighted by Gasteiger charge is -2.27. The normalized spacial score (nSPS) is 11.9. The van der Waals surface area contributed by atoms with Crippen molar-refractivity contribution in [2.45, 2.75) is 59.3 Å². The van der Waals surface area contributed by atoms with Crippen LogP contribution < -0.4 is 0 Å². The Balaban J connectivity index is 1.35. The van der Waals surface area contributed by atoms with Gasteiger partial charge in [-0.2, -0.15) is 0 Å². The van der Waals surface area contributed by atoms with Gasteiger partial charge in [-0.05, 0) is 111 Å². The molecule has 0 radical (unpaired) electrons. The van der Waals surface area contributed by atoms with Crippen LogP contribution in [0.25, 0.3) is 83.9 Å². The monoisotopic (exact) mass is 793 g/mol. The maximum Gasteiger partial charge on any atom is 0.149 e. The van der Waals surface area contributed by atoms with Crippen LogP contribution in [0.1, 0.15) is 58.2 Å². The van der Waals surface area contributed by atoms with E-state index in [0.29, 0.717) is 11.4 Å². The van der Waals surface area contributed by atoms with E-state index in [2.05, 4.69) is 217 Å². The second-order valence-corrected chi connectivity index (χ2v) is 18.2. The summed E-state index contributed by atoms with van der Waals surface area (Å²) in [6.07, 6.45) is 1.90. The van der Waals surface area contributed by atoms with Crippen molar-refractivity contribution in [1.29, 1.82) is 0 Å². The predicted octanol–water partition coefficient (Wildman–Crippen LogP) is 15.0. The van der Waals surface area contributed by atoms with Crippen molar-refractivity contribution in [1.82, 2.24) is 14.5 Å². The standard InChI is InChI=1S/C57H51N3O/c1-37-26-27-51(47(30-37)40-22-15-10-16-23-40)60-52-25-17-24-46(53(52)59-55(60)48-35-45(56(2,3)4)36-49(54(48)61)57(5,6)7)43-31-42(39-20-13-9-14-21-39)32-44(33-43)50-34-41(28-29-58-50)38-18-11-8-12-19-38/h8-36,61H,1-7H3. The Morgan fingerprint density at radius 3 is 1.75 bits per heavy atom. The Morgan fingerprint density at radius 2 is 1.10 bits per heavy atom. The van der Waals surface area contributed by atoms with Gasteiger partial charge >= 0.3 is 0 Å². The first kappa shape index (κ1) is 39.4. The molecule has 9 rings (SSSR count). The Labute approximate surface area is 359 Å². The van der Waals surface area contributed by atoms with Crippen molar-refractivity contribution in [2.75, 3.05) is 0 Å². The van der Waals surface area contributed by atoms with Gasteiger partial charge in [-0.1, -0.05) is 162 Å². The second-order valence-electron chi connectivity index (χ2n) is 18.2. The number of imidazole rings is 1. The van der Waals surface area contributed by atoms with E-state index in [0.717, 1.165) is 89.2 Å². The van der Waals surface area contributed by atoms with Gasteiger partial charge in [-0.15, -0.1) is 0 Å². The first-order chi connectivity index (χ1) is 29.3. The lowest BCUT2D eigenvalue weighted by molar-refractivity contribution is 0.446. The fourth-order valence-electron chi connectivity index (χ4n) is 8.39. The number of aromatic nitrogens is 3. The molecule has 61 heavy (non-hydrogen) atoms. The molecule has 4 heteroatoms. The zero-order valence-electron chi connectivity index (χ0n) is 36.0. The molecule has 0 atom stereocenters. The van der Waals surface area contributed by atoms with Crippen LogP contribution in [0.4, 0.5) is 0 Å². The molecule has 0 aliphatic carbocycles. The van der Waals surface area contributed by atoms with Crippen molar-refractivity contribution in [3.8, 4) is 78.6 Å². The van der Waals surface area contributed by atoms with Gasteiger partial charge in [0.15, 0.2) is 0 Å². The summed E-state index contributed by atoms with van der Waals surface area (Å²) in [5.41, 5.74) is 16.8. The van der Waals surface area contributed by atoms with Crippen molar-refractivity contribution >= 4 is 11.0 Å². The molecule has 9 aromatic rings. The average Bonchev–Trinajstić information content (AvgIpc) is 3.66. The summed E-state index contributed by atoms with van der Waals surface area (Å²) < 4.78 is 2.27. The number of para-hydroxylation sites is 1. The highest BCUT2D eigenvalue weighted by Crippen LogP contribution is 2.46. The molecular weight excluding hydrogens is 743 g/mol. The predicted molar refractivity (Wildman–Crippen MR) is 255 cm³/mol. The van der Waals surface area contributed by atoms with Crippen LogP contribution in [0.15, 0.2) is 176 Å². The van der Waals surface area contributed by atoms with E-state index < -0.39 is 0 Å². The largest absolute Gasteiger partial charge is 0.507 e. The van der Waals surface area contributed by atoms with Crippen LogP contribution in [0, 0.1) is 6.92 Å². The summed E-state index contributed by atoms with van der Waals surface area (Å²) >= 11 is 0. The van der Waals surface area contributed by atoms with E-state index in [4.69, 9.17) is 9.97 Å². The average molecular weight is 794 g/mol. The van der Waals surface area contributed by atoms with Crippen LogP contribution >= 0.6 is 0 Å². The number of hydrogen-bond acceptors (Lipinski definition) is 3. The molecule has 300 valence electrons. The maximum atomic E-state index is 12.5. The number of rotatable bonds is 7. The number of pyridine rings is 1. The van der Waals surface area contributed by atoms with E-state index in [1.165, 1.54) is 0 Å². The third kappa shape index (κ3) is 7.66. The Kier molecular flexibility index (Phi) is 10.0. The molecule has 0 fully saturated rings. The van der Waals surface area contributed by atoms with Crippen LogP contribution in [-0.4, -0.2) is 19.6 Å². The fourth-order valence-corrected chi connectivity index (χ4v) is 8.39. The Bertz CT molecular complexity index is 3040. The van der Waals surface area contributed by atoms with Crippen LogP contribution in [0.2, 0.25) is 0 Å². The SMILES string of the molecule is Cc1ccc(-n2c(-c3cc(C(C)(C)C)cc(C(C)(C)C)c3O)nc3c(-c4cc(-c5ccccc5)cc(-c5cc(-c6ccccc6)ccn5)c4)cccc32)c(-c2ccccc2)c1. The highest BCUT2D eigenvalue weighted by Gasteiger charge is 2.29. The summed E-state index contributed by atoms with van der Waals surface area (Å²) in [4.78, 5) is 10.6. The third-order valence-corrected chi connectivity index (χ3v) is 11.7. The van der Waals surface area contributed by atoms with Gasteiger partial charge < -0.3 is 5.11 Å². The zero-order chi connectivity index (χ0) is 42.5. The number of nitrogens with zero attached hydrogens (tertiary/aromatic N) is 3. The third-order valence-electron chi connectivity index (χ3n) is 11.7. The molecule has 0 spiro atoms.